The van der Waals surface area contributed by atoms with Crippen molar-refractivity contribution in [1.82, 2.24) is 9.78 Å². The Morgan fingerprint density at radius 2 is 2.04 bits per heavy atom. The number of carbonyl (C=O) groups excluding carboxylic acids is 1. The van der Waals surface area contributed by atoms with Gasteiger partial charge in [-0.3, -0.25) is 9.48 Å². The molecule has 0 saturated carbocycles. The quantitative estimate of drug-likeness (QED) is 0.892. The van der Waals surface area contributed by atoms with Crippen molar-refractivity contribution in [3.63, 3.8) is 0 Å². The molecule has 0 bridgehead atoms. The number of carbonyl (C=O) groups is 1. The summed E-state index contributed by atoms with van der Waals surface area (Å²) in [6.45, 7) is 1.35. The average Bonchev–Trinajstić information content (AvgIpc) is 2.86. The van der Waals surface area contributed by atoms with E-state index in [9.17, 15) is 13.2 Å². The van der Waals surface area contributed by atoms with Gasteiger partial charge in [-0.15, -0.1) is 0 Å². The third-order valence-electron chi connectivity index (χ3n) is 3.51. The average molecular weight is 337 g/mol. The second-order valence-electron chi connectivity index (χ2n) is 5.23. The third kappa shape index (κ3) is 3.89. The molecule has 1 unspecified atom stereocenters. The first kappa shape index (κ1) is 17.0. The summed E-state index contributed by atoms with van der Waals surface area (Å²) in [7, 11) is -0.197. The van der Waals surface area contributed by atoms with Gasteiger partial charge in [0.25, 0.3) is 0 Å². The van der Waals surface area contributed by atoms with Crippen LogP contribution in [0.3, 0.4) is 0 Å². The first-order valence-corrected chi connectivity index (χ1v) is 8.86. The zero-order valence-corrected chi connectivity index (χ0v) is 14.2. The SMILES string of the molecule is COc1cccc(-c2cc(NC(=O)C(C)S(C)(=O)=O)n(C)n2)c1. The van der Waals surface area contributed by atoms with Crippen LogP contribution in [0.15, 0.2) is 30.3 Å². The summed E-state index contributed by atoms with van der Waals surface area (Å²) in [5.41, 5.74) is 1.48. The number of anilines is 1. The summed E-state index contributed by atoms with van der Waals surface area (Å²) >= 11 is 0. The molecule has 0 spiro atoms. The van der Waals surface area contributed by atoms with Gasteiger partial charge in [-0.1, -0.05) is 12.1 Å². The number of benzene rings is 1. The minimum Gasteiger partial charge on any atom is -0.497 e. The number of nitrogens with one attached hydrogen (secondary N) is 1. The van der Waals surface area contributed by atoms with Crippen LogP contribution in [0.2, 0.25) is 0 Å². The van der Waals surface area contributed by atoms with Gasteiger partial charge >= 0.3 is 0 Å². The number of rotatable bonds is 5. The fourth-order valence-electron chi connectivity index (χ4n) is 1.93. The predicted molar refractivity (Wildman–Crippen MR) is 88.1 cm³/mol. The van der Waals surface area contributed by atoms with Crippen molar-refractivity contribution in [1.29, 1.82) is 0 Å². The van der Waals surface area contributed by atoms with Gasteiger partial charge in [-0.25, -0.2) is 8.42 Å². The largest absolute Gasteiger partial charge is 0.497 e. The van der Waals surface area contributed by atoms with Crippen LogP contribution in [0.1, 0.15) is 6.92 Å². The molecular weight excluding hydrogens is 318 g/mol. The summed E-state index contributed by atoms with van der Waals surface area (Å²) in [5.74, 6) is 0.528. The van der Waals surface area contributed by atoms with Gasteiger partial charge in [0.05, 0.1) is 12.8 Å². The van der Waals surface area contributed by atoms with Crippen LogP contribution in [-0.4, -0.2) is 42.7 Å². The first-order valence-electron chi connectivity index (χ1n) is 6.90. The summed E-state index contributed by atoms with van der Waals surface area (Å²) in [5, 5.41) is 5.79. The summed E-state index contributed by atoms with van der Waals surface area (Å²) in [6, 6.07) is 9.04. The maximum absolute atomic E-state index is 12.0. The molecule has 0 fully saturated rings. The number of nitrogens with zero attached hydrogens (tertiary/aromatic N) is 2. The van der Waals surface area contributed by atoms with Crippen molar-refractivity contribution in [2.45, 2.75) is 12.2 Å². The van der Waals surface area contributed by atoms with Crippen LogP contribution in [0.25, 0.3) is 11.3 Å². The number of aromatic nitrogens is 2. The molecule has 1 aromatic heterocycles. The van der Waals surface area contributed by atoms with Crippen LogP contribution in [0.5, 0.6) is 5.75 Å². The molecule has 1 amide bonds. The molecule has 0 aliphatic carbocycles. The molecule has 1 atom stereocenters. The van der Waals surface area contributed by atoms with Gasteiger partial charge in [0, 0.05) is 24.9 Å². The Hall–Kier alpha value is -2.35. The molecule has 7 nitrogen and oxygen atoms in total. The van der Waals surface area contributed by atoms with Gasteiger partial charge in [-0.05, 0) is 19.1 Å². The highest BCUT2D eigenvalue weighted by Gasteiger charge is 2.24. The molecule has 1 heterocycles. The van der Waals surface area contributed by atoms with Gasteiger partial charge in [0.15, 0.2) is 9.84 Å². The predicted octanol–water partition coefficient (Wildman–Crippen LogP) is 1.47. The monoisotopic (exact) mass is 337 g/mol. The minimum absolute atomic E-state index is 0.420. The lowest BCUT2D eigenvalue weighted by atomic mass is 10.1. The summed E-state index contributed by atoms with van der Waals surface area (Å²) in [6.07, 6.45) is 1.03. The highest BCUT2D eigenvalue weighted by molar-refractivity contribution is 7.92. The van der Waals surface area contributed by atoms with E-state index in [2.05, 4.69) is 10.4 Å². The zero-order chi connectivity index (χ0) is 17.2. The smallest absolute Gasteiger partial charge is 0.243 e. The van der Waals surface area contributed by atoms with E-state index < -0.39 is 21.0 Å². The topological polar surface area (TPSA) is 90.3 Å². The molecule has 0 radical (unpaired) electrons. The fourth-order valence-corrected chi connectivity index (χ4v) is 2.38. The molecule has 1 aromatic carbocycles. The standard InChI is InChI=1S/C15H19N3O4S/c1-10(23(4,20)21)15(19)16-14-9-13(17-18(14)2)11-6-5-7-12(8-11)22-3/h5-10H,1-4H3,(H,16,19). The van der Waals surface area contributed by atoms with Gasteiger partial charge in [-0.2, -0.15) is 5.10 Å². The van der Waals surface area contributed by atoms with Crippen LogP contribution >= 0.6 is 0 Å². The van der Waals surface area contributed by atoms with Crippen LogP contribution in [-0.2, 0) is 21.7 Å². The Labute approximate surface area is 135 Å². The highest BCUT2D eigenvalue weighted by Crippen LogP contribution is 2.25. The lowest BCUT2D eigenvalue weighted by Gasteiger charge is -2.09. The zero-order valence-electron chi connectivity index (χ0n) is 13.4. The van der Waals surface area contributed by atoms with E-state index in [0.29, 0.717) is 17.3 Å². The molecule has 0 saturated heterocycles. The Balaban J connectivity index is 2.26. The molecule has 124 valence electrons. The van der Waals surface area contributed by atoms with Crippen LogP contribution in [0.4, 0.5) is 5.82 Å². The minimum atomic E-state index is -3.45. The molecular formula is C15H19N3O4S. The second kappa shape index (κ2) is 6.41. The lowest BCUT2D eigenvalue weighted by molar-refractivity contribution is -0.115. The number of ether oxygens (including phenoxy) is 1. The number of aryl methyl sites for hydroxylation is 1. The second-order valence-corrected chi connectivity index (χ2v) is 7.60. The highest BCUT2D eigenvalue weighted by atomic mass is 32.2. The Morgan fingerprint density at radius 3 is 2.65 bits per heavy atom. The van der Waals surface area contributed by atoms with Crippen molar-refractivity contribution >= 4 is 21.6 Å². The van der Waals surface area contributed by atoms with Crippen LogP contribution in [0, 0.1) is 0 Å². The van der Waals surface area contributed by atoms with Crippen molar-refractivity contribution in [3.05, 3.63) is 30.3 Å². The molecule has 1 N–H and O–H groups in total. The molecule has 23 heavy (non-hydrogen) atoms. The first-order chi connectivity index (χ1) is 10.7. The number of amides is 1. The van der Waals surface area contributed by atoms with Crippen molar-refractivity contribution in [2.75, 3.05) is 18.7 Å². The van der Waals surface area contributed by atoms with Gasteiger partial charge in [0.2, 0.25) is 5.91 Å². The van der Waals surface area contributed by atoms with E-state index in [1.54, 1.807) is 20.2 Å². The van der Waals surface area contributed by atoms with E-state index in [-0.39, 0.29) is 0 Å². The maximum Gasteiger partial charge on any atom is 0.243 e. The summed E-state index contributed by atoms with van der Waals surface area (Å²) in [4.78, 5) is 12.0. The number of hydrogen-bond donors (Lipinski definition) is 1. The van der Waals surface area contributed by atoms with Crippen molar-refractivity contribution in [3.8, 4) is 17.0 Å². The normalized spacial score (nSPS) is 12.7. The van der Waals surface area contributed by atoms with Crippen LogP contribution < -0.4 is 10.1 Å². The lowest BCUT2D eigenvalue weighted by Crippen LogP contribution is -2.32. The van der Waals surface area contributed by atoms with E-state index in [1.807, 2.05) is 24.3 Å². The van der Waals surface area contributed by atoms with Gasteiger partial charge < -0.3 is 10.1 Å². The number of hydrogen-bond acceptors (Lipinski definition) is 5. The number of methoxy groups -OCH3 is 1. The summed E-state index contributed by atoms with van der Waals surface area (Å²) < 4.78 is 29.6. The van der Waals surface area contributed by atoms with E-state index in [4.69, 9.17) is 4.74 Å². The van der Waals surface area contributed by atoms with Crippen molar-refractivity contribution < 1.29 is 17.9 Å². The van der Waals surface area contributed by atoms with Gasteiger partial charge in [0.1, 0.15) is 16.8 Å². The Kier molecular flexibility index (Phi) is 4.74. The molecule has 0 aliphatic heterocycles. The molecule has 0 aliphatic rings. The molecule has 2 aromatic rings. The third-order valence-corrected chi connectivity index (χ3v) is 5.01. The molecule has 8 heteroatoms. The Morgan fingerprint density at radius 1 is 1.35 bits per heavy atom. The van der Waals surface area contributed by atoms with E-state index >= 15 is 0 Å². The van der Waals surface area contributed by atoms with E-state index in [0.717, 1.165) is 11.8 Å². The Bertz CT molecular complexity index is 827. The maximum atomic E-state index is 12.0. The van der Waals surface area contributed by atoms with E-state index in [1.165, 1.54) is 11.6 Å². The fraction of sp³-hybridized carbons (Fsp3) is 0.333. The molecule has 2 rings (SSSR count). The van der Waals surface area contributed by atoms with Crippen molar-refractivity contribution in [2.24, 2.45) is 7.05 Å². The number of sulfone groups is 1.